The second-order valence-corrected chi connectivity index (χ2v) is 14.6. The van der Waals surface area contributed by atoms with Gasteiger partial charge in [0.25, 0.3) is 0 Å². The highest BCUT2D eigenvalue weighted by atomic mass is 28.3. The van der Waals surface area contributed by atoms with Crippen LogP contribution in [-0.4, -0.2) is 8.24 Å². The smallest absolute Gasteiger partial charge is 0.153 e. The van der Waals surface area contributed by atoms with E-state index in [1.807, 2.05) is 0 Å². The summed E-state index contributed by atoms with van der Waals surface area (Å²) in [6.07, 6.45) is 24.6. The molecule has 0 fully saturated rings. The highest BCUT2D eigenvalue weighted by Gasteiger charge is 2.64. The Kier molecular flexibility index (Phi) is 4.73. The van der Waals surface area contributed by atoms with Gasteiger partial charge in [-0.1, -0.05) is 92.2 Å². The molecule has 0 spiro atoms. The molecule has 3 unspecified atom stereocenters. The Balaban J connectivity index is 2.16. The summed E-state index contributed by atoms with van der Waals surface area (Å²) in [5.41, 5.74) is 4.08. The molecule has 0 radical (unpaired) electrons. The van der Waals surface area contributed by atoms with Gasteiger partial charge in [0.05, 0.1) is 0 Å². The summed E-state index contributed by atoms with van der Waals surface area (Å²) in [5.74, 6) is 0. The maximum atomic E-state index is 7.76. The predicted octanol–water partition coefficient (Wildman–Crippen LogP) is 6.89. The van der Waals surface area contributed by atoms with Gasteiger partial charge in [-0.15, -0.1) is 0 Å². The van der Waals surface area contributed by atoms with E-state index in [4.69, 9.17) is 5.40 Å². The van der Waals surface area contributed by atoms with Crippen molar-refractivity contribution in [2.75, 3.05) is 0 Å². The van der Waals surface area contributed by atoms with Crippen LogP contribution in [0.5, 0.6) is 0 Å². The highest BCUT2D eigenvalue weighted by molar-refractivity contribution is 6.86. The van der Waals surface area contributed by atoms with Crippen LogP contribution in [0.1, 0.15) is 60.8 Å². The van der Waals surface area contributed by atoms with Gasteiger partial charge >= 0.3 is 0 Å². The zero-order valence-electron chi connectivity index (χ0n) is 17.4. The first-order chi connectivity index (χ1) is 12.1. The highest BCUT2D eigenvalue weighted by Crippen LogP contribution is 2.67. The number of nitrogens with two attached hydrogens (primary N) is 1. The van der Waals surface area contributed by atoms with Crippen molar-refractivity contribution in [3.8, 4) is 0 Å². The standard InChI is InChI=1S/C24H35NSi/c1-19-7-13-22(4,14-8-19)26(25,23(5)15-9-20(2)10-16-23)24(6)17-11-21(3)12-18-24/h7-13,15,17H,14,16,18,25H2,1-6H3. The van der Waals surface area contributed by atoms with Crippen molar-refractivity contribution in [1.82, 2.24) is 0 Å². The van der Waals surface area contributed by atoms with E-state index in [0.717, 1.165) is 19.3 Å². The molecule has 2 N–H and O–H groups in total. The Labute approximate surface area is 161 Å². The molecular weight excluding hydrogens is 330 g/mol. The maximum Gasteiger partial charge on any atom is 0.153 e. The molecule has 0 aromatic carbocycles. The van der Waals surface area contributed by atoms with Crippen LogP contribution in [0.2, 0.25) is 15.1 Å². The average molecular weight is 366 g/mol. The van der Waals surface area contributed by atoms with Crippen molar-refractivity contribution in [3.05, 3.63) is 71.4 Å². The van der Waals surface area contributed by atoms with Gasteiger partial charge < -0.3 is 5.40 Å². The lowest BCUT2D eigenvalue weighted by molar-refractivity contribution is 0.540. The van der Waals surface area contributed by atoms with E-state index in [-0.39, 0.29) is 15.1 Å². The molecular formula is C24H35NSi. The number of allylic oxidation sites excluding steroid dienone is 12. The molecule has 140 valence electrons. The molecule has 3 aliphatic carbocycles. The monoisotopic (exact) mass is 365 g/mol. The van der Waals surface area contributed by atoms with Crippen LogP contribution < -0.4 is 5.40 Å². The van der Waals surface area contributed by atoms with E-state index >= 15 is 0 Å². The van der Waals surface area contributed by atoms with Crippen molar-refractivity contribution in [2.24, 2.45) is 5.40 Å². The topological polar surface area (TPSA) is 26.0 Å². The fourth-order valence-electron chi connectivity index (χ4n) is 5.31. The minimum absolute atomic E-state index is 0.0306. The molecule has 0 amide bonds. The Morgan fingerprint density at radius 2 is 0.923 bits per heavy atom. The molecule has 3 atom stereocenters. The first-order valence-electron chi connectivity index (χ1n) is 9.92. The summed E-state index contributed by atoms with van der Waals surface area (Å²) in [6.45, 7) is 13.9. The number of rotatable bonds is 3. The molecule has 3 rings (SSSR count). The van der Waals surface area contributed by atoms with Gasteiger partial charge in [0.15, 0.2) is 8.24 Å². The predicted molar refractivity (Wildman–Crippen MR) is 118 cm³/mol. The van der Waals surface area contributed by atoms with Crippen LogP contribution in [0.25, 0.3) is 0 Å². The van der Waals surface area contributed by atoms with E-state index in [1.54, 1.807) is 0 Å². The van der Waals surface area contributed by atoms with Crippen LogP contribution >= 0.6 is 0 Å². The van der Waals surface area contributed by atoms with Gasteiger partial charge in [0.2, 0.25) is 0 Å². The Hall–Kier alpha value is -1.38. The molecule has 0 aromatic rings. The first-order valence-corrected chi connectivity index (χ1v) is 12.0. The third kappa shape index (κ3) is 2.78. The summed E-state index contributed by atoms with van der Waals surface area (Å²) < 4.78 is 0. The van der Waals surface area contributed by atoms with Gasteiger partial charge in [-0.05, 0) is 55.1 Å². The van der Waals surface area contributed by atoms with Crippen LogP contribution in [0, 0.1) is 0 Å². The lowest BCUT2D eigenvalue weighted by atomic mass is 9.95. The Bertz CT molecular complexity index is 675. The third-order valence-electron chi connectivity index (χ3n) is 7.39. The fraction of sp³-hybridized carbons (Fsp3) is 0.500. The lowest BCUT2D eigenvalue weighted by Crippen LogP contribution is -2.69. The van der Waals surface area contributed by atoms with Crippen LogP contribution in [0.3, 0.4) is 0 Å². The zero-order valence-corrected chi connectivity index (χ0v) is 18.4. The average Bonchev–Trinajstić information content (AvgIpc) is 2.62. The second kappa shape index (κ2) is 6.35. The molecule has 0 aliphatic heterocycles. The van der Waals surface area contributed by atoms with E-state index in [2.05, 4.69) is 96.2 Å². The van der Waals surface area contributed by atoms with Gasteiger partial charge in [0, 0.05) is 0 Å². The van der Waals surface area contributed by atoms with Crippen LogP contribution in [0.4, 0.5) is 0 Å². The van der Waals surface area contributed by atoms with Gasteiger partial charge in [-0.2, -0.15) is 0 Å². The molecule has 0 heterocycles. The Morgan fingerprint density at radius 1 is 0.654 bits per heavy atom. The van der Waals surface area contributed by atoms with Crippen molar-refractivity contribution in [2.45, 2.75) is 75.9 Å². The SMILES string of the molecule is CC1=CCC(C)([Si](N)(C2(C)C=CC(C)=CC2)C2(C)C=CC(C)=CC2)C=C1. The summed E-state index contributed by atoms with van der Waals surface area (Å²) in [4.78, 5) is 0. The lowest BCUT2D eigenvalue weighted by Gasteiger charge is -2.61. The van der Waals surface area contributed by atoms with Gasteiger partial charge in [-0.25, -0.2) is 0 Å². The normalized spacial score (nSPS) is 39.1. The summed E-state index contributed by atoms with van der Waals surface area (Å²) >= 11 is 0. The molecule has 26 heavy (non-hydrogen) atoms. The molecule has 2 heteroatoms. The van der Waals surface area contributed by atoms with Crippen molar-refractivity contribution in [1.29, 1.82) is 0 Å². The summed E-state index contributed by atoms with van der Waals surface area (Å²) in [5, 5.41) is 7.85. The number of hydrogen-bond donors (Lipinski definition) is 1. The summed E-state index contributed by atoms with van der Waals surface area (Å²) in [6, 6.07) is 0. The molecule has 1 nitrogen and oxygen atoms in total. The van der Waals surface area contributed by atoms with E-state index in [9.17, 15) is 0 Å². The Morgan fingerprint density at radius 3 is 1.12 bits per heavy atom. The summed E-state index contributed by atoms with van der Waals surface area (Å²) in [7, 11) is -2.40. The molecule has 0 saturated carbocycles. The second-order valence-electron chi connectivity index (χ2n) is 9.52. The van der Waals surface area contributed by atoms with Gasteiger partial charge in [-0.3, -0.25) is 0 Å². The largest absolute Gasteiger partial charge is 0.349 e. The van der Waals surface area contributed by atoms with Gasteiger partial charge in [0.1, 0.15) is 0 Å². The van der Waals surface area contributed by atoms with Crippen LogP contribution in [-0.2, 0) is 0 Å². The zero-order chi connectivity index (χ0) is 19.2. The van der Waals surface area contributed by atoms with Crippen LogP contribution in [0.15, 0.2) is 71.4 Å². The maximum absolute atomic E-state index is 7.76. The van der Waals surface area contributed by atoms with Crippen molar-refractivity contribution < 1.29 is 0 Å². The minimum atomic E-state index is -2.40. The third-order valence-corrected chi connectivity index (χ3v) is 13.9. The minimum Gasteiger partial charge on any atom is -0.349 e. The molecule has 0 aromatic heterocycles. The molecule has 0 bridgehead atoms. The van der Waals surface area contributed by atoms with E-state index in [0.29, 0.717) is 0 Å². The van der Waals surface area contributed by atoms with Crippen molar-refractivity contribution in [3.63, 3.8) is 0 Å². The van der Waals surface area contributed by atoms with Crippen molar-refractivity contribution >= 4 is 8.24 Å². The fourth-order valence-corrected chi connectivity index (χ4v) is 11.5. The first kappa shape index (κ1) is 19.4. The quantitative estimate of drug-likeness (QED) is 0.541. The molecule has 3 aliphatic rings. The molecule has 0 saturated heterocycles. The van der Waals surface area contributed by atoms with E-state index < -0.39 is 8.24 Å². The van der Waals surface area contributed by atoms with E-state index in [1.165, 1.54) is 16.7 Å². The number of hydrogen-bond acceptors (Lipinski definition) is 1.